The highest BCUT2D eigenvalue weighted by atomic mass is 16.3. The number of carbonyl (C=O) groups is 2. The zero-order valence-electron chi connectivity index (χ0n) is 15.1. The molecule has 3 heterocycles. The number of hydrogen-bond donors (Lipinski definition) is 3. The van der Waals surface area contributed by atoms with E-state index in [0.717, 1.165) is 18.5 Å². The standard InChI is InChI=1S/C18H18N6O4/c1-10-8-14(21-17(27)16(26)19-9-11-4-3-7-28-11)24(23-10)18-20-13-6-2-5-12(13)15(25)22-18/h3-4,7-8H,2,5-6,9H2,1H3,(H,19,26)(H,21,27)(H,20,22,25). The van der Waals surface area contributed by atoms with E-state index < -0.39 is 11.8 Å². The second-order valence-corrected chi connectivity index (χ2v) is 6.47. The van der Waals surface area contributed by atoms with Gasteiger partial charge in [0.2, 0.25) is 5.95 Å². The van der Waals surface area contributed by atoms with Crippen LogP contribution in [0, 0.1) is 6.92 Å². The number of rotatable bonds is 4. The minimum absolute atomic E-state index is 0.0945. The van der Waals surface area contributed by atoms with Crippen LogP contribution >= 0.6 is 0 Å². The van der Waals surface area contributed by atoms with Crippen molar-refractivity contribution in [3.05, 3.63) is 57.5 Å². The summed E-state index contributed by atoms with van der Waals surface area (Å²) in [4.78, 5) is 43.7. The predicted molar refractivity (Wildman–Crippen MR) is 97.9 cm³/mol. The SMILES string of the molecule is Cc1cc(NC(=O)C(=O)NCc2ccco2)n(-c2nc3c(c(=O)[nH]2)CCC3)n1. The molecule has 10 nitrogen and oxygen atoms in total. The van der Waals surface area contributed by atoms with Gasteiger partial charge in [-0.25, -0.2) is 4.98 Å². The third-order valence-electron chi connectivity index (χ3n) is 4.41. The van der Waals surface area contributed by atoms with Gasteiger partial charge in [-0.05, 0) is 38.3 Å². The summed E-state index contributed by atoms with van der Waals surface area (Å²) in [7, 11) is 0. The van der Waals surface area contributed by atoms with Crippen molar-refractivity contribution in [3.8, 4) is 5.95 Å². The van der Waals surface area contributed by atoms with Crippen LogP contribution in [0.15, 0.2) is 33.7 Å². The lowest BCUT2D eigenvalue weighted by atomic mass is 10.3. The van der Waals surface area contributed by atoms with Crippen molar-refractivity contribution in [2.45, 2.75) is 32.7 Å². The van der Waals surface area contributed by atoms with E-state index in [9.17, 15) is 14.4 Å². The number of fused-ring (bicyclic) bond motifs is 1. The van der Waals surface area contributed by atoms with Crippen molar-refractivity contribution in [3.63, 3.8) is 0 Å². The zero-order chi connectivity index (χ0) is 19.7. The molecule has 144 valence electrons. The van der Waals surface area contributed by atoms with Crippen LogP contribution in [-0.2, 0) is 29.0 Å². The number of anilines is 1. The monoisotopic (exact) mass is 382 g/mol. The molecule has 2 amide bonds. The Morgan fingerprint density at radius 2 is 2.18 bits per heavy atom. The van der Waals surface area contributed by atoms with Crippen LogP contribution in [0.1, 0.15) is 29.1 Å². The van der Waals surface area contributed by atoms with E-state index in [0.29, 0.717) is 23.4 Å². The summed E-state index contributed by atoms with van der Waals surface area (Å²) in [6.45, 7) is 1.83. The number of H-pyrrole nitrogens is 1. The molecule has 0 atom stereocenters. The average molecular weight is 382 g/mol. The normalized spacial score (nSPS) is 12.6. The van der Waals surface area contributed by atoms with Gasteiger partial charge < -0.3 is 15.1 Å². The average Bonchev–Trinajstić information content (AvgIpc) is 3.40. The van der Waals surface area contributed by atoms with Gasteiger partial charge in [0.1, 0.15) is 11.6 Å². The first-order valence-corrected chi connectivity index (χ1v) is 8.82. The molecule has 0 unspecified atom stereocenters. The molecule has 4 rings (SSSR count). The van der Waals surface area contributed by atoms with Gasteiger partial charge in [0.25, 0.3) is 5.56 Å². The van der Waals surface area contributed by atoms with Gasteiger partial charge in [0, 0.05) is 11.6 Å². The van der Waals surface area contributed by atoms with Crippen LogP contribution in [-0.4, -0.2) is 31.6 Å². The highest BCUT2D eigenvalue weighted by molar-refractivity contribution is 6.39. The lowest BCUT2D eigenvalue weighted by Crippen LogP contribution is -2.35. The molecule has 1 aliphatic carbocycles. The molecular weight excluding hydrogens is 364 g/mol. The molecule has 0 radical (unpaired) electrons. The summed E-state index contributed by atoms with van der Waals surface area (Å²) in [5.74, 6) is -0.725. The van der Waals surface area contributed by atoms with E-state index in [1.165, 1.54) is 10.9 Å². The number of nitrogens with zero attached hydrogens (tertiary/aromatic N) is 3. The molecule has 0 spiro atoms. The molecule has 0 fully saturated rings. The van der Waals surface area contributed by atoms with Crippen molar-refractivity contribution in [1.82, 2.24) is 25.1 Å². The summed E-state index contributed by atoms with van der Waals surface area (Å²) < 4.78 is 6.42. The van der Waals surface area contributed by atoms with E-state index in [1.54, 1.807) is 25.1 Å². The van der Waals surface area contributed by atoms with Crippen molar-refractivity contribution in [1.29, 1.82) is 0 Å². The molecule has 1 aliphatic rings. The van der Waals surface area contributed by atoms with E-state index >= 15 is 0 Å². The Hall–Kier alpha value is -3.69. The Kier molecular flexibility index (Phi) is 4.52. The molecule has 28 heavy (non-hydrogen) atoms. The second kappa shape index (κ2) is 7.14. The van der Waals surface area contributed by atoms with Crippen LogP contribution in [0.2, 0.25) is 0 Å². The summed E-state index contributed by atoms with van der Waals surface area (Å²) in [6, 6.07) is 4.96. The lowest BCUT2D eigenvalue weighted by Gasteiger charge is -2.09. The molecule has 0 saturated carbocycles. The highest BCUT2D eigenvalue weighted by Crippen LogP contribution is 2.19. The number of aryl methyl sites for hydroxylation is 2. The first-order valence-electron chi connectivity index (χ1n) is 8.82. The van der Waals surface area contributed by atoms with Gasteiger partial charge in [-0.15, -0.1) is 0 Å². The Balaban J connectivity index is 1.53. The van der Waals surface area contributed by atoms with Gasteiger partial charge >= 0.3 is 11.8 Å². The fourth-order valence-electron chi connectivity index (χ4n) is 3.11. The minimum atomic E-state index is -0.865. The van der Waals surface area contributed by atoms with Gasteiger partial charge in [-0.2, -0.15) is 9.78 Å². The number of furan rings is 1. The molecule has 0 bridgehead atoms. The fraction of sp³-hybridized carbons (Fsp3) is 0.278. The number of carbonyl (C=O) groups excluding carboxylic acids is 2. The molecule has 10 heteroatoms. The topological polar surface area (TPSA) is 135 Å². The smallest absolute Gasteiger partial charge is 0.314 e. The molecule has 3 aromatic heterocycles. The second-order valence-electron chi connectivity index (χ2n) is 6.47. The first kappa shape index (κ1) is 17.7. The van der Waals surface area contributed by atoms with Crippen molar-refractivity contribution >= 4 is 17.6 Å². The highest BCUT2D eigenvalue weighted by Gasteiger charge is 2.21. The Morgan fingerprint density at radius 1 is 1.32 bits per heavy atom. The van der Waals surface area contributed by atoms with Crippen LogP contribution in [0.5, 0.6) is 0 Å². The number of nitrogens with one attached hydrogen (secondary N) is 3. The quantitative estimate of drug-likeness (QED) is 0.566. The van der Waals surface area contributed by atoms with Gasteiger partial charge in [-0.1, -0.05) is 0 Å². The van der Waals surface area contributed by atoms with E-state index in [1.807, 2.05) is 0 Å². The molecule has 3 aromatic rings. The van der Waals surface area contributed by atoms with E-state index in [4.69, 9.17) is 4.42 Å². The third kappa shape index (κ3) is 3.43. The maximum Gasteiger partial charge on any atom is 0.314 e. The van der Waals surface area contributed by atoms with Crippen LogP contribution in [0.25, 0.3) is 5.95 Å². The lowest BCUT2D eigenvalue weighted by molar-refractivity contribution is -0.136. The van der Waals surface area contributed by atoms with Crippen molar-refractivity contribution in [2.75, 3.05) is 5.32 Å². The van der Waals surface area contributed by atoms with Crippen LogP contribution < -0.4 is 16.2 Å². The largest absolute Gasteiger partial charge is 0.467 e. The predicted octanol–water partition coefficient (Wildman–Crippen LogP) is 0.601. The van der Waals surface area contributed by atoms with Crippen LogP contribution in [0.3, 0.4) is 0 Å². The van der Waals surface area contributed by atoms with E-state index in [-0.39, 0.29) is 23.9 Å². The zero-order valence-corrected chi connectivity index (χ0v) is 15.1. The van der Waals surface area contributed by atoms with Gasteiger partial charge in [0.15, 0.2) is 0 Å². The fourth-order valence-corrected chi connectivity index (χ4v) is 3.11. The summed E-state index contributed by atoms with van der Waals surface area (Å²) in [6.07, 6.45) is 3.79. The van der Waals surface area contributed by atoms with Crippen molar-refractivity contribution < 1.29 is 14.0 Å². The third-order valence-corrected chi connectivity index (χ3v) is 4.41. The summed E-state index contributed by atoms with van der Waals surface area (Å²) >= 11 is 0. The van der Waals surface area contributed by atoms with Gasteiger partial charge in [0.05, 0.1) is 24.2 Å². The minimum Gasteiger partial charge on any atom is -0.467 e. The molecule has 0 aromatic carbocycles. The van der Waals surface area contributed by atoms with Crippen LogP contribution in [0.4, 0.5) is 5.82 Å². The molecule has 0 aliphatic heterocycles. The Labute approximate surface area is 159 Å². The van der Waals surface area contributed by atoms with Crippen molar-refractivity contribution in [2.24, 2.45) is 0 Å². The summed E-state index contributed by atoms with van der Waals surface area (Å²) in [5.41, 5.74) is 1.81. The first-order chi connectivity index (χ1) is 13.5. The number of aromatic nitrogens is 4. The van der Waals surface area contributed by atoms with Gasteiger partial charge in [-0.3, -0.25) is 19.4 Å². The molecule has 3 N–H and O–H groups in total. The maximum absolute atomic E-state index is 12.3. The summed E-state index contributed by atoms with van der Waals surface area (Å²) in [5, 5.41) is 9.24. The maximum atomic E-state index is 12.3. The molecular formula is C18H18N6O4. The Bertz CT molecular complexity index is 1100. The number of hydrogen-bond acceptors (Lipinski definition) is 6. The Morgan fingerprint density at radius 3 is 2.96 bits per heavy atom. The number of amides is 2. The van der Waals surface area contributed by atoms with E-state index in [2.05, 4.69) is 25.7 Å². The molecule has 0 saturated heterocycles. The number of aromatic amines is 1.